The Labute approximate surface area is 166 Å². The fourth-order valence-electron chi connectivity index (χ4n) is 3.42. The van der Waals surface area contributed by atoms with Gasteiger partial charge in [0, 0.05) is 10.7 Å². The average molecular weight is 413 g/mol. The maximum atomic E-state index is 13.1. The Morgan fingerprint density at radius 3 is 2.46 bits per heavy atom. The number of hydrogen-bond donors (Lipinski definition) is 2. The number of benzene rings is 2. The van der Waals surface area contributed by atoms with E-state index in [9.17, 15) is 18.0 Å². The van der Waals surface area contributed by atoms with Gasteiger partial charge in [-0.05, 0) is 37.3 Å². The zero-order chi connectivity index (χ0) is 20.3. The molecule has 28 heavy (non-hydrogen) atoms. The van der Waals surface area contributed by atoms with Crippen LogP contribution >= 0.6 is 11.6 Å². The molecule has 1 heterocycles. The number of amides is 1. The predicted octanol–water partition coefficient (Wildman–Crippen LogP) is 3.09. The largest absolute Gasteiger partial charge is 0.418 e. The summed E-state index contributed by atoms with van der Waals surface area (Å²) in [6.45, 7) is 4.65. The highest BCUT2D eigenvalue weighted by molar-refractivity contribution is 6.30. The zero-order valence-electron chi connectivity index (χ0n) is 15.4. The maximum absolute atomic E-state index is 13.1. The number of para-hydroxylation sites is 1. The van der Waals surface area contributed by atoms with Gasteiger partial charge >= 0.3 is 6.18 Å². The second kappa shape index (κ2) is 8.41. The molecule has 0 aromatic heterocycles. The normalized spacial score (nSPS) is 16.7. The zero-order valence-corrected chi connectivity index (χ0v) is 16.1. The monoisotopic (exact) mass is 412 g/mol. The van der Waals surface area contributed by atoms with Crippen LogP contribution in [0.15, 0.2) is 48.5 Å². The van der Waals surface area contributed by atoms with E-state index in [-0.39, 0.29) is 5.69 Å². The van der Waals surface area contributed by atoms with Crippen LogP contribution in [0.3, 0.4) is 0 Å². The molecule has 4 nitrogen and oxygen atoms in total. The summed E-state index contributed by atoms with van der Waals surface area (Å²) in [5.41, 5.74) is -0.0112. The molecular formula is C20H22ClF3N3O+. The first-order valence-corrected chi connectivity index (χ1v) is 9.45. The first-order chi connectivity index (χ1) is 13.3. The van der Waals surface area contributed by atoms with Gasteiger partial charge in [-0.3, -0.25) is 4.79 Å². The first-order valence-electron chi connectivity index (χ1n) is 9.08. The molecular weight excluding hydrogens is 391 g/mol. The Bertz CT molecular complexity index is 835. The van der Waals surface area contributed by atoms with Crippen LogP contribution in [0.5, 0.6) is 0 Å². The molecule has 2 N–H and O–H groups in total. The van der Waals surface area contributed by atoms with Crippen LogP contribution in [0.4, 0.5) is 24.5 Å². The molecule has 0 spiro atoms. The highest BCUT2D eigenvalue weighted by Crippen LogP contribution is 2.34. The molecule has 1 fully saturated rings. The fraction of sp³-hybridized carbons (Fsp3) is 0.350. The third-order valence-electron chi connectivity index (χ3n) is 5.08. The first kappa shape index (κ1) is 20.5. The van der Waals surface area contributed by atoms with Crippen LogP contribution in [-0.4, -0.2) is 38.1 Å². The van der Waals surface area contributed by atoms with Crippen LogP contribution in [0.1, 0.15) is 12.5 Å². The summed E-state index contributed by atoms with van der Waals surface area (Å²) in [5.74, 6) is -0.414. The van der Waals surface area contributed by atoms with Gasteiger partial charge in [0.2, 0.25) is 0 Å². The minimum atomic E-state index is -4.51. The highest BCUT2D eigenvalue weighted by atomic mass is 35.5. The van der Waals surface area contributed by atoms with Gasteiger partial charge in [0.05, 0.1) is 37.4 Å². The summed E-state index contributed by atoms with van der Waals surface area (Å²) in [4.78, 5) is 15.8. The molecule has 1 aliphatic heterocycles. The average Bonchev–Trinajstić information content (AvgIpc) is 2.67. The number of carbonyl (C=O) groups is 1. The topological polar surface area (TPSA) is 36.8 Å². The van der Waals surface area contributed by atoms with Crippen LogP contribution in [0.2, 0.25) is 5.02 Å². The van der Waals surface area contributed by atoms with Crippen molar-refractivity contribution in [3.05, 3.63) is 59.1 Å². The Morgan fingerprint density at radius 2 is 1.82 bits per heavy atom. The van der Waals surface area contributed by atoms with Crippen molar-refractivity contribution in [1.82, 2.24) is 0 Å². The van der Waals surface area contributed by atoms with E-state index in [1.807, 2.05) is 24.3 Å². The smallest absolute Gasteiger partial charge is 0.360 e. The molecule has 1 aliphatic rings. The Hall–Kier alpha value is -2.25. The number of piperazine rings is 1. The number of halogens is 4. The molecule has 1 saturated heterocycles. The highest BCUT2D eigenvalue weighted by Gasteiger charge is 2.35. The third-order valence-corrected chi connectivity index (χ3v) is 5.31. The molecule has 0 unspecified atom stereocenters. The lowest BCUT2D eigenvalue weighted by Crippen LogP contribution is -3.19. The Kier molecular flexibility index (Phi) is 6.15. The summed E-state index contributed by atoms with van der Waals surface area (Å²) in [6, 6.07) is 12.2. The summed E-state index contributed by atoms with van der Waals surface area (Å²) in [7, 11) is 0. The molecule has 3 rings (SSSR count). The third kappa shape index (κ3) is 4.77. The van der Waals surface area contributed by atoms with Crippen LogP contribution < -0.4 is 15.1 Å². The minimum Gasteiger partial charge on any atom is -0.360 e. The quantitative estimate of drug-likeness (QED) is 0.809. The summed E-state index contributed by atoms with van der Waals surface area (Å²) in [6.07, 6.45) is -4.51. The number of nitrogens with zero attached hydrogens (tertiary/aromatic N) is 1. The number of anilines is 2. The number of alkyl halides is 3. The molecule has 0 aliphatic carbocycles. The van der Waals surface area contributed by atoms with E-state index < -0.39 is 23.7 Å². The fourth-order valence-corrected chi connectivity index (χ4v) is 3.61. The van der Waals surface area contributed by atoms with Gasteiger partial charge in [0.15, 0.2) is 6.04 Å². The summed E-state index contributed by atoms with van der Waals surface area (Å²) < 4.78 is 39.3. The van der Waals surface area contributed by atoms with E-state index in [1.165, 1.54) is 18.2 Å². The Morgan fingerprint density at radius 1 is 1.14 bits per heavy atom. The van der Waals surface area contributed by atoms with Gasteiger partial charge in [-0.15, -0.1) is 0 Å². The second-order valence-corrected chi connectivity index (χ2v) is 7.32. The molecule has 8 heteroatoms. The van der Waals surface area contributed by atoms with E-state index >= 15 is 0 Å². The molecule has 1 atom stereocenters. The number of hydrogen-bond acceptors (Lipinski definition) is 2. The lowest BCUT2D eigenvalue weighted by molar-refractivity contribution is -0.914. The minimum absolute atomic E-state index is 0.205. The van der Waals surface area contributed by atoms with Gasteiger partial charge < -0.3 is 15.1 Å². The van der Waals surface area contributed by atoms with Crippen molar-refractivity contribution in [2.24, 2.45) is 0 Å². The van der Waals surface area contributed by atoms with Crippen molar-refractivity contribution in [1.29, 1.82) is 0 Å². The van der Waals surface area contributed by atoms with Gasteiger partial charge in [0.25, 0.3) is 5.91 Å². The molecule has 1 amide bonds. The van der Waals surface area contributed by atoms with Gasteiger partial charge in [-0.1, -0.05) is 29.8 Å². The van der Waals surface area contributed by atoms with Gasteiger partial charge in [0.1, 0.15) is 0 Å². The summed E-state index contributed by atoms with van der Waals surface area (Å²) >= 11 is 6.04. The lowest BCUT2D eigenvalue weighted by atomic mass is 10.1. The van der Waals surface area contributed by atoms with Crippen LogP contribution in [0.25, 0.3) is 0 Å². The standard InChI is InChI=1S/C20H21ClF3N3O/c1-14(19(28)25-18-8-3-2-7-17(18)20(22,23)24)26-9-11-27(12-10-26)16-6-4-5-15(21)13-16/h2-8,13-14H,9-12H2,1H3,(H,25,28)/p+1/t14-/m0/s1. The van der Waals surface area contributed by atoms with E-state index in [1.54, 1.807) is 6.92 Å². The molecule has 2 aromatic rings. The van der Waals surface area contributed by atoms with Crippen molar-refractivity contribution >= 4 is 28.9 Å². The summed E-state index contributed by atoms with van der Waals surface area (Å²) in [5, 5.41) is 3.12. The molecule has 0 radical (unpaired) electrons. The lowest BCUT2D eigenvalue weighted by Gasteiger charge is -2.36. The van der Waals surface area contributed by atoms with E-state index in [2.05, 4.69) is 10.2 Å². The van der Waals surface area contributed by atoms with Gasteiger partial charge in [-0.2, -0.15) is 13.2 Å². The van der Waals surface area contributed by atoms with Crippen molar-refractivity contribution in [2.75, 3.05) is 36.4 Å². The number of carbonyl (C=O) groups excluding carboxylic acids is 1. The van der Waals surface area contributed by atoms with Crippen LogP contribution in [-0.2, 0) is 11.0 Å². The Balaban J connectivity index is 1.61. The molecule has 0 saturated carbocycles. The second-order valence-electron chi connectivity index (χ2n) is 6.88. The SMILES string of the molecule is C[C@@H](C(=O)Nc1ccccc1C(F)(F)F)[NH+]1CCN(c2cccc(Cl)c2)CC1. The number of nitrogens with one attached hydrogen (secondary N) is 2. The molecule has 150 valence electrons. The van der Waals surface area contributed by atoms with Crippen molar-refractivity contribution in [3.8, 4) is 0 Å². The van der Waals surface area contributed by atoms with Crippen LogP contribution in [0, 0.1) is 0 Å². The molecule has 2 aromatic carbocycles. The van der Waals surface area contributed by atoms with Crippen molar-refractivity contribution < 1.29 is 22.9 Å². The van der Waals surface area contributed by atoms with E-state index in [0.717, 1.165) is 29.7 Å². The van der Waals surface area contributed by atoms with Gasteiger partial charge in [-0.25, -0.2) is 0 Å². The van der Waals surface area contributed by atoms with E-state index in [4.69, 9.17) is 11.6 Å². The molecule has 0 bridgehead atoms. The number of rotatable bonds is 4. The predicted molar refractivity (Wildman–Crippen MR) is 104 cm³/mol. The van der Waals surface area contributed by atoms with Crippen molar-refractivity contribution in [3.63, 3.8) is 0 Å². The van der Waals surface area contributed by atoms with E-state index in [0.29, 0.717) is 18.1 Å². The van der Waals surface area contributed by atoms with Crippen molar-refractivity contribution in [2.45, 2.75) is 19.1 Å². The maximum Gasteiger partial charge on any atom is 0.418 e. The number of quaternary nitrogens is 1.